The van der Waals surface area contributed by atoms with Crippen LogP contribution in [0, 0.1) is 0 Å². The molecule has 0 aliphatic rings. The number of ether oxygens (including phenoxy) is 1. The predicted molar refractivity (Wildman–Crippen MR) is 60.3 cm³/mol. The fraction of sp³-hybridized carbons (Fsp3) is 0.0909. The zero-order valence-electron chi connectivity index (χ0n) is 8.40. The second-order valence-electron chi connectivity index (χ2n) is 3.17. The molecule has 0 unspecified atom stereocenters. The Morgan fingerprint density at radius 1 is 1.50 bits per heavy atom. The molecule has 0 amide bonds. The van der Waals surface area contributed by atoms with Crippen molar-refractivity contribution in [2.75, 3.05) is 7.11 Å². The summed E-state index contributed by atoms with van der Waals surface area (Å²) in [6.07, 6.45) is 1.33. The molecule has 2 rings (SSSR count). The number of hydrogen-bond donors (Lipinski definition) is 1. The Labute approximate surface area is 96.4 Å². The number of benzene rings is 1. The lowest BCUT2D eigenvalue weighted by molar-refractivity contribution is 0.0699. The molecule has 2 aromatic rings. The number of aromatic carboxylic acids is 1. The predicted octanol–water partition coefficient (Wildman–Crippen LogP) is 2.60. The maximum atomic E-state index is 11.1. The number of halogens is 1. The Hall–Kier alpha value is -1.81. The molecule has 5 heteroatoms. The number of rotatable bonds is 2. The highest BCUT2D eigenvalue weighted by molar-refractivity contribution is 6.35. The van der Waals surface area contributed by atoms with Gasteiger partial charge >= 0.3 is 5.97 Å². The van der Waals surface area contributed by atoms with Crippen molar-refractivity contribution < 1.29 is 14.6 Å². The van der Waals surface area contributed by atoms with Gasteiger partial charge in [-0.1, -0.05) is 11.6 Å². The second-order valence-corrected chi connectivity index (χ2v) is 3.58. The van der Waals surface area contributed by atoms with Crippen LogP contribution in [-0.4, -0.2) is 23.2 Å². The van der Waals surface area contributed by atoms with E-state index in [4.69, 9.17) is 21.4 Å². The van der Waals surface area contributed by atoms with Gasteiger partial charge in [0.05, 0.1) is 23.2 Å². The molecule has 0 spiro atoms. The van der Waals surface area contributed by atoms with Crippen LogP contribution in [0.4, 0.5) is 0 Å². The number of pyridine rings is 1. The van der Waals surface area contributed by atoms with E-state index in [1.54, 1.807) is 18.2 Å². The Balaban J connectivity index is 2.83. The summed E-state index contributed by atoms with van der Waals surface area (Å²) in [4.78, 5) is 15.1. The number of hydrogen-bond acceptors (Lipinski definition) is 3. The summed E-state index contributed by atoms with van der Waals surface area (Å²) in [7, 11) is 1.51. The molecular weight excluding hydrogens is 230 g/mol. The molecule has 0 radical (unpaired) electrons. The molecule has 0 bridgehead atoms. The lowest BCUT2D eigenvalue weighted by Crippen LogP contribution is -2.00. The van der Waals surface area contributed by atoms with E-state index >= 15 is 0 Å². The molecule has 0 atom stereocenters. The molecule has 0 saturated heterocycles. The second kappa shape index (κ2) is 3.98. The van der Waals surface area contributed by atoms with Crippen LogP contribution < -0.4 is 4.74 Å². The molecular formula is C11H8ClNO3. The van der Waals surface area contributed by atoms with Crippen molar-refractivity contribution >= 4 is 28.5 Å². The standard InChI is InChI=1S/C11H8ClNO3/c1-16-6-2-3-9-7(4-6)10(11(14)15)8(12)5-13-9/h2-5H,1H3,(H,14,15). The summed E-state index contributed by atoms with van der Waals surface area (Å²) in [5.41, 5.74) is 0.619. The van der Waals surface area contributed by atoms with E-state index in [0.717, 1.165) is 0 Å². The average Bonchev–Trinajstić information content (AvgIpc) is 2.27. The van der Waals surface area contributed by atoms with Crippen LogP contribution in [-0.2, 0) is 0 Å². The van der Waals surface area contributed by atoms with Crippen molar-refractivity contribution in [2.24, 2.45) is 0 Å². The molecule has 4 nitrogen and oxygen atoms in total. The summed E-state index contributed by atoms with van der Waals surface area (Å²) in [6.45, 7) is 0. The zero-order valence-corrected chi connectivity index (χ0v) is 9.15. The van der Waals surface area contributed by atoms with Gasteiger partial charge in [-0.05, 0) is 18.2 Å². The first-order chi connectivity index (χ1) is 7.63. The topological polar surface area (TPSA) is 59.4 Å². The van der Waals surface area contributed by atoms with Crippen molar-refractivity contribution in [2.45, 2.75) is 0 Å². The van der Waals surface area contributed by atoms with Crippen LogP contribution in [0.2, 0.25) is 5.02 Å². The largest absolute Gasteiger partial charge is 0.497 e. The van der Waals surface area contributed by atoms with Gasteiger partial charge in [0.25, 0.3) is 0 Å². The van der Waals surface area contributed by atoms with E-state index in [1.165, 1.54) is 13.3 Å². The van der Waals surface area contributed by atoms with Gasteiger partial charge in [0.2, 0.25) is 0 Å². The number of methoxy groups -OCH3 is 1. The normalized spacial score (nSPS) is 10.4. The van der Waals surface area contributed by atoms with Crippen molar-refractivity contribution in [3.05, 3.63) is 35.0 Å². The first-order valence-electron chi connectivity index (χ1n) is 4.49. The molecule has 16 heavy (non-hydrogen) atoms. The number of carbonyl (C=O) groups is 1. The third-order valence-corrected chi connectivity index (χ3v) is 2.53. The van der Waals surface area contributed by atoms with Gasteiger partial charge in [-0.25, -0.2) is 4.79 Å². The molecule has 0 saturated carbocycles. The average molecular weight is 238 g/mol. The van der Waals surface area contributed by atoms with Crippen LogP contribution in [0.3, 0.4) is 0 Å². The fourth-order valence-corrected chi connectivity index (χ4v) is 1.72. The third kappa shape index (κ3) is 1.67. The van der Waals surface area contributed by atoms with Crippen molar-refractivity contribution in [3.63, 3.8) is 0 Å². The van der Waals surface area contributed by atoms with Gasteiger partial charge in [-0.15, -0.1) is 0 Å². The van der Waals surface area contributed by atoms with Gasteiger partial charge in [-0.3, -0.25) is 4.98 Å². The molecule has 0 aliphatic carbocycles. The van der Waals surface area contributed by atoms with Crippen LogP contribution >= 0.6 is 11.6 Å². The maximum absolute atomic E-state index is 11.1. The molecule has 1 N–H and O–H groups in total. The van der Waals surface area contributed by atoms with Crippen LogP contribution in [0.25, 0.3) is 10.9 Å². The smallest absolute Gasteiger partial charge is 0.337 e. The van der Waals surface area contributed by atoms with Gasteiger partial charge in [-0.2, -0.15) is 0 Å². The number of aromatic nitrogens is 1. The van der Waals surface area contributed by atoms with E-state index in [2.05, 4.69) is 4.98 Å². The van der Waals surface area contributed by atoms with Crippen molar-refractivity contribution in [3.8, 4) is 5.75 Å². The van der Waals surface area contributed by atoms with E-state index in [-0.39, 0.29) is 10.6 Å². The third-order valence-electron chi connectivity index (χ3n) is 2.24. The summed E-state index contributed by atoms with van der Waals surface area (Å²) < 4.78 is 5.03. The molecule has 0 aliphatic heterocycles. The maximum Gasteiger partial charge on any atom is 0.337 e. The number of nitrogens with zero attached hydrogens (tertiary/aromatic N) is 1. The number of carboxylic acid groups (broad SMARTS) is 1. The van der Waals surface area contributed by atoms with Crippen molar-refractivity contribution in [1.82, 2.24) is 4.98 Å². The molecule has 82 valence electrons. The highest BCUT2D eigenvalue weighted by Gasteiger charge is 2.14. The van der Waals surface area contributed by atoms with Crippen LogP contribution in [0.5, 0.6) is 5.75 Å². The summed E-state index contributed by atoms with van der Waals surface area (Å²) in [5.74, 6) is -0.510. The van der Waals surface area contributed by atoms with E-state index in [9.17, 15) is 4.79 Å². The Morgan fingerprint density at radius 3 is 2.88 bits per heavy atom. The van der Waals surface area contributed by atoms with Crippen molar-refractivity contribution in [1.29, 1.82) is 0 Å². The minimum Gasteiger partial charge on any atom is -0.497 e. The first-order valence-corrected chi connectivity index (χ1v) is 4.87. The highest BCUT2D eigenvalue weighted by Crippen LogP contribution is 2.27. The minimum absolute atomic E-state index is 0.0468. The number of carboxylic acids is 1. The Morgan fingerprint density at radius 2 is 2.25 bits per heavy atom. The van der Waals surface area contributed by atoms with E-state index in [0.29, 0.717) is 16.7 Å². The molecule has 1 aromatic carbocycles. The number of fused-ring (bicyclic) bond motifs is 1. The van der Waals surface area contributed by atoms with Crippen LogP contribution in [0.15, 0.2) is 24.4 Å². The summed E-state index contributed by atoms with van der Waals surface area (Å²) in [5, 5.41) is 9.66. The van der Waals surface area contributed by atoms with E-state index < -0.39 is 5.97 Å². The Bertz CT molecular complexity index is 568. The molecule has 1 aromatic heterocycles. The lowest BCUT2D eigenvalue weighted by atomic mass is 10.1. The first kappa shape index (κ1) is 10.7. The lowest BCUT2D eigenvalue weighted by Gasteiger charge is -2.06. The molecule has 1 heterocycles. The fourth-order valence-electron chi connectivity index (χ4n) is 1.49. The Kier molecular flexibility index (Phi) is 2.66. The van der Waals surface area contributed by atoms with Gasteiger partial charge in [0, 0.05) is 11.6 Å². The quantitative estimate of drug-likeness (QED) is 0.872. The molecule has 0 fully saturated rings. The SMILES string of the molecule is COc1ccc2ncc(Cl)c(C(=O)O)c2c1. The minimum atomic E-state index is -1.08. The van der Waals surface area contributed by atoms with Gasteiger partial charge in [0.15, 0.2) is 0 Å². The summed E-state index contributed by atoms with van der Waals surface area (Å²) >= 11 is 5.81. The van der Waals surface area contributed by atoms with Gasteiger partial charge < -0.3 is 9.84 Å². The van der Waals surface area contributed by atoms with E-state index in [1.807, 2.05) is 0 Å². The van der Waals surface area contributed by atoms with Gasteiger partial charge in [0.1, 0.15) is 5.75 Å². The van der Waals surface area contributed by atoms with Crippen LogP contribution in [0.1, 0.15) is 10.4 Å². The zero-order chi connectivity index (χ0) is 11.7. The monoisotopic (exact) mass is 237 g/mol. The highest BCUT2D eigenvalue weighted by atomic mass is 35.5. The summed E-state index contributed by atoms with van der Waals surface area (Å²) in [6, 6.07) is 5.02.